The van der Waals surface area contributed by atoms with Gasteiger partial charge in [-0.15, -0.1) is 0 Å². The van der Waals surface area contributed by atoms with Crippen molar-refractivity contribution in [3.63, 3.8) is 0 Å². The van der Waals surface area contributed by atoms with E-state index in [1.165, 1.54) is 6.07 Å². The van der Waals surface area contributed by atoms with Crippen LogP contribution in [0, 0.1) is 10.1 Å². The highest BCUT2D eigenvalue weighted by Crippen LogP contribution is 2.28. The highest BCUT2D eigenvalue weighted by atomic mass is 35.5. The molecule has 1 aromatic carbocycles. The molecule has 7 heteroatoms. The number of carbonyl (C=O) groups is 1. The third kappa shape index (κ3) is 2.47. The Morgan fingerprint density at radius 1 is 1.62 bits per heavy atom. The Balaban J connectivity index is 3.24. The first-order valence-corrected chi connectivity index (χ1v) is 4.55. The molecule has 0 radical (unpaired) electrons. The Labute approximate surface area is 95.6 Å². The van der Waals surface area contributed by atoms with Crippen LogP contribution in [-0.2, 0) is 9.53 Å². The Kier molecular flexibility index (Phi) is 3.81. The minimum absolute atomic E-state index is 0.184. The molecule has 0 aliphatic heterocycles. The van der Waals surface area contributed by atoms with Gasteiger partial charge in [0.1, 0.15) is 0 Å². The van der Waals surface area contributed by atoms with Gasteiger partial charge in [-0.3, -0.25) is 10.1 Å². The molecule has 6 nitrogen and oxygen atoms in total. The minimum Gasteiger partial charge on any atom is -0.467 e. The summed E-state index contributed by atoms with van der Waals surface area (Å²) in [6.45, 7) is 0. The van der Waals surface area contributed by atoms with Crippen LogP contribution in [0.15, 0.2) is 18.2 Å². The van der Waals surface area contributed by atoms with E-state index in [0.29, 0.717) is 0 Å². The van der Waals surface area contributed by atoms with Gasteiger partial charge in [0.15, 0.2) is 6.10 Å². The summed E-state index contributed by atoms with van der Waals surface area (Å²) >= 11 is 5.63. The summed E-state index contributed by atoms with van der Waals surface area (Å²) in [7, 11) is 1.07. The fourth-order valence-electron chi connectivity index (χ4n) is 1.15. The second kappa shape index (κ2) is 4.91. The molecule has 0 spiro atoms. The van der Waals surface area contributed by atoms with Gasteiger partial charge in [0.05, 0.1) is 17.6 Å². The van der Waals surface area contributed by atoms with Gasteiger partial charge < -0.3 is 9.84 Å². The molecular formula is C9H8ClNO5. The summed E-state index contributed by atoms with van der Waals surface area (Å²) < 4.78 is 4.29. The molecule has 0 heterocycles. The van der Waals surface area contributed by atoms with Crippen LogP contribution in [0.3, 0.4) is 0 Å². The summed E-state index contributed by atoms with van der Waals surface area (Å²) in [6.07, 6.45) is -1.72. The van der Waals surface area contributed by atoms with Crippen LogP contribution in [0.5, 0.6) is 0 Å². The van der Waals surface area contributed by atoms with Crippen molar-refractivity contribution in [3.05, 3.63) is 38.9 Å². The Morgan fingerprint density at radius 3 is 2.75 bits per heavy atom. The molecule has 0 amide bonds. The van der Waals surface area contributed by atoms with Crippen molar-refractivity contribution in [1.29, 1.82) is 0 Å². The van der Waals surface area contributed by atoms with Gasteiger partial charge in [-0.1, -0.05) is 11.6 Å². The molecule has 0 aromatic heterocycles. The van der Waals surface area contributed by atoms with Gasteiger partial charge in [-0.25, -0.2) is 4.79 Å². The monoisotopic (exact) mass is 245 g/mol. The van der Waals surface area contributed by atoms with Crippen LogP contribution in [-0.4, -0.2) is 23.1 Å². The first-order valence-electron chi connectivity index (χ1n) is 4.17. The highest BCUT2D eigenvalue weighted by Gasteiger charge is 2.26. The zero-order chi connectivity index (χ0) is 12.3. The largest absolute Gasteiger partial charge is 0.467 e. The van der Waals surface area contributed by atoms with Crippen molar-refractivity contribution in [2.45, 2.75) is 6.10 Å². The van der Waals surface area contributed by atoms with Crippen LogP contribution in [0.1, 0.15) is 11.7 Å². The maximum absolute atomic E-state index is 11.1. The average Bonchev–Trinajstić information content (AvgIpc) is 2.26. The number of nitro benzene ring substituents is 1. The number of aliphatic hydroxyl groups is 1. The lowest BCUT2D eigenvalue weighted by atomic mass is 10.1. The summed E-state index contributed by atoms with van der Waals surface area (Å²) in [4.78, 5) is 21.0. The third-order valence-electron chi connectivity index (χ3n) is 1.91. The number of rotatable bonds is 3. The molecule has 1 atom stereocenters. The van der Waals surface area contributed by atoms with E-state index in [0.717, 1.165) is 19.2 Å². The van der Waals surface area contributed by atoms with Crippen LogP contribution in [0.2, 0.25) is 5.02 Å². The molecule has 1 rings (SSSR count). The number of aliphatic hydroxyl groups excluding tert-OH is 1. The second-order valence-electron chi connectivity index (χ2n) is 2.89. The Hall–Kier alpha value is -1.66. The Bertz CT molecular complexity index is 434. The quantitative estimate of drug-likeness (QED) is 0.495. The number of esters is 1. The van der Waals surface area contributed by atoms with E-state index >= 15 is 0 Å². The van der Waals surface area contributed by atoms with Crippen molar-refractivity contribution in [1.82, 2.24) is 0 Å². The molecule has 0 saturated heterocycles. The number of carbonyl (C=O) groups excluding carboxylic acids is 1. The summed E-state index contributed by atoms with van der Waals surface area (Å²) in [5.74, 6) is -0.981. The number of nitrogens with zero attached hydrogens (tertiary/aromatic N) is 1. The molecule has 0 saturated carbocycles. The van der Waals surface area contributed by atoms with E-state index in [9.17, 15) is 20.0 Å². The van der Waals surface area contributed by atoms with Crippen molar-refractivity contribution >= 4 is 23.3 Å². The van der Waals surface area contributed by atoms with Crippen LogP contribution >= 0.6 is 11.6 Å². The lowest BCUT2D eigenvalue weighted by Crippen LogP contribution is -2.15. The summed E-state index contributed by atoms with van der Waals surface area (Å²) in [5, 5.41) is 20.3. The number of hydrogen-bond donors (Lipinski definition) is 1. The molecule has 0 aliphatic carbocycles. The van der Waals surface area contributed by atoms with E-state index < -0.39 is 17.0 Å². The van der Waals surface area contributed by atoms with E-state index in [-0.39, 0.29) is 16.3 Å². The van der Waals surface area contributed by atoms with Gasteiger partial charge in [0.25, 0.3) is 5.69 Å². The molecule has 1 N–H and O–H groups in total. The number of ether oxygens (including phenoxy) is 1. The molecule has 86 valence electrons. The number of benzene rings is 1. The number of hydrogen-bond acceptors (Lipinski definition) is 5. The molecule has 0 bridgehead atoms. The standard InChI is InChI=1S/C9H8ClNO5/c1-16-9(13)8(12)6-4-5(10)2-3-7(6)11(14)15/h2-4,8,12H,1H3. The topological polar surface area (TPSA) is 89.7 Å². The lowest BCUT2D eigenvalue weighted by molar-refractivity contribution is -0.386. The van der Waals surface area contributed by atoms with E-state index in [1.54, 1.807) is 0 Å². The first-order chi connectivity index (χ1) is 7.47. The number of nitro groups is 1. The summed E-state index contributed by atoms with van der Waals surface area (Å²) in [5.41, 5.74) is -0.577. The van der Waals surface area contributed by atoms with Gasteiger partial charge in [0.2, 0.25) is 0 Å². The third-order valence-corrected chi connectivity index (χ3v) is 2.14. The zero-order valence-electron chi connectivity index (χ0n) is 8.21. The second-order valence-corrected chi connectivity index (χ2v) is 3.32. The molecular weight excluding hydrogens is 238 g/mol. The average molecular weight is 246 g/mol. The lowest BCUT2D eigenvalue weighted by Gasteiger charge is -2.09. The predicted molar refractivity (Wildman–Crippen MR) is 55.1 cm³/mol. The molecule has 1 unspecified atom stereocenters. The molecule has 0 aliphatic rings. The zero-order valence-corrected chi connectivity index (χ0v) is 8.97. The van der Waals surface area contributed by atoms with Gasteiger partial charge in [-0.2, -0.15) is 0 Å². The summed E-state index contributed by atoms with van der Waals surface area (Å²) in [6, 6.07) is 3.57. The SMILES string of the molecule is COC(=O)C(O)c1cc(Cl)ccc1[N+](=O)[O-]. The normalized spacial score (nSPS) is 11.9. The maximum atomic E-state index is 11.1. The van der Waals surface area contributed by atoms with E-state index in [1.807, 2.05) is 0 Å². The van der Waals surface area contributed by atoms with Crippen LogP contribution < -0.4 is 0 Å². The minimum atomic E-state index is -1.72. The fraction of sp³-hybridized carbons (Fsp3) is 0.222. The number of halogens is 1. The van der Waals surface area contributed by atoms with Gasteiger partial charge in [-0.05, 0) is 12.1 Å². The molecule has 16 heavy (non-hydrogen) atoms. The smallest absolute Gasteiger partial charge is 0.339 e. The van der Waals surface area contributed by atoms with E-state index in [4.69, 9.17) is 11.6 Å². The fourth-order valence-corrected chi connectivity index (χ4v) is 1.33. The Morgan fingerprint density at radius 2 is 2.25 bits per heavy atom. The van der Waals surface area contributed by atoms with Crippen molar-refractivity contribution in [2.75, 3.05) is 7.11 Å². The van der Waals surface area contributed by atoms with Crippen LogP contribution in [0.25, 0.3) is 0 Å². The predicted octanol–water partition coefficient (Wildman–Crippen LogP) is 1.45. The maximum Gasteiger partial charge on any atom is 0.339 e. The van der Waals surface area contributed by atoms with Crippen molar-refractivity contribution in [3.8, 4) is 0 Å². The van der Waals surface area contributed by atoms with Crippen molar-refractivity contribution in [2.24, 2.45) is 0 Å². The van der Waals surface area contributed by atoms with Crippen LogP contribution in [0.4, 0.5) is 5.69 Å². The molecule has 1 aromatic rings. The first kappa shape index (κ1) is 12.4. The van der Waals surface area contributed by atoms with Gasteiger partial charge >= 0.3 is 5.97 Å². The number of methoxy groups -OCH3 is 1. The van der Waals surface area contributed by atoms with Gasteiger partial charge in [0, 0.05) is 11.1 Å². The highest BCUT2D eigenvalue weighted by molar-refractivity contribution is 6.30. The van der Waals surface area contributed by atoms with Crippen molar-refractivity contribution < 1.29 is 19.6 Å². The van der Waals surface area contributed by atoms with E-state index in [2.05, 4.69) is 4.74 Å². The molecule has 0 fully saturated rings.